The highest BCUT2D eigenvalue weighted by atomic mass is 16.5. The molecule has 2 fully saturated rings. The molecule has 2 rings (SSSR count). The molecule has 0 aliphatic carbocycles. The monoisotopic (exact) mass is 242 g/mol. The molecule has 2 aliphatic rings. The predicted molar refractivity (Wildman–Crippen MR) is 68.1 cm³/mol. The first kappa shape index (κ1) is 13.3. The minimum atomic E-state index is 0.133. The van der Waals surface area contributed by atoms with Gasteiger partial charge in [-0.15, -0.1) is 0 Å². The second-order valence-corrected chi connectivity index (χ2v) is 5.14. The maximum absolute atomic E-state index is 8.68. The zero-order chi connectivity index (χ0) is 11.9. The molecule has 0 amide bonds. The van der Waals surface area contributed by atoms with Gasteiger partial charge in [0.1, 0.15) is 0 Å². The maximum atomic E-state index is 8.68. The molecule has 2 atom stereocenters. The van der Waals surface area contributed by atoms with Crippen LogP contribution in [0.5, 0.6) is 0 Å². The van der Waals surface area contributed by atoms with Crippen molar-refractivity contribution in [2.45, 2.75) is 44.2 Å². The van der Waals surface area contributed by atoms with Gasteiger partial charge in [0.2, 0.25) is 0 Å². The first-order chi connectivity index (χ1) is 8.42. The van der Waals surface area contributed by atoms with E-state index in [0.717, 1.165) is 13.2 Å². The summed E-state index contributed by atoms with van der Waals surface area (Å²) >= 11 is 0. The van der Waals surface area contributed by atoms with Crippen LogP contribution < -0.4 is 5.32 Å². The molecule has 0 bridgehead atoms. The van der Waals surface area contributed by atoms with Gasteiger partial charge in [-0.2, -0.15) is 0 Å². The first-order valence-electron chi connectivity index (χ1n) is 7.08. The summed E-state index contributed by atoms with van der Waals surface area (Å²) in [7, 11) is 0. The van der Waals surface area contributed by atoms with Gasteiger partial charge in [-0.1, -0.05) is 6.42 Å². The second-order valence-electron chi connectivity index (χ2n) is 5.14. The number of ether oxygens (including phenoxy) is 1. The van der Waals surface area contributed by atoms with E-state index in [-0.39, 0.29) is 6.61 Å². The van der Waals surface area contributed by atoms with Crippen LogP contribution in [0.2, 0.25) is 0 Å². The Labute approximate surface area is 104 Å². The Morgan fingerprint density at radius 2 is 2.12 bits per heavy atom. The number of piperidine rings is 1. The van der Waals surface area contributed by atoms with Crippen molar-refractivity contribution in [1.82, 2.24) is 10.2 Å². The first-order valence-corrected chi connectivity index (χ1v) is 7.08. The lowest BCUT2D eigenvalue weighted by molar-refractivity contribution is 0.0461. The molecule has 2 heterocycles. The molecule has 0 aromatic carbocycles. The third kappa shape index (κ3) is 3.91. The van der Waals surface area contributed by atoms with E-state index >= 15 is 0 Å². The summed E-state index contributed by atoms with van der Waals surface area (Å²) in [5.41, 5.74) is 0. The molecule has 0 aromatic rings. The molecule has 0 radical (unpaired) electrons. The fraction of sp³-hybridized carbons (Fsp3) is 1.00. The van der Waals surface area contributed by atoms with E-state index in [1.807, 2.05) is 0 Å². The Bertz CT molecular complexity index is 208. The highest BCUT2D eigenvalue weighted by Crippen LogP contribution is 2.23. The quantitative estimate of drug-likeness (QED) is 0.670. The summed E-state index contributed by atoms with van der Waals surface area (Å²) in [4.78, 5) is 2.59. The van der Waals surface area contributed by atoms with E-state index in [1.54, 1.807) is 0 Å². The average Bonchev–Trinajstić information content (AvgIpc) is 2.89. The van der Waals surface area contributed by atoms with Gasteiger partial charge in [0.05, 0.1) is 19.8 Å². The molecule has 4 nitrogen and oxygen atoms in total. The van der Waals surface area contributed by atoms with Gasteiger partial charge in [-0.05, 0) is 38.8 Å². The van der Waals surface area contributed by atoms with Crippen molar-refractivity contribution in [2.24, 2.45) is 0 Å². The third-order valence-corrected chi connectivity index (χ3v) is 3.99. The van der Waals surface area contributed by atoms with Crippen LogP contribution in [-0.2, 0) is 4.74 Å². The topological polar surface area (TPSA) is 44.7 Å². The van der Waals surface area contributed by atoms with Crippen molar-refractivity contribution in [3.05, 3.63) is 0 Å². The molecule has 0 aromatic heterocycles. The van der Waals surface area contributed by atoms with Gasteiger partial charge in [0.15, 0.2) is 0 Å². The molecule has 2 unspecified atom stereocenters. The van der Waals surface area contributed by atoms with E-state index < -0.39 is 0 Å². The maximum Gasteiger partial charge on any atom is 0.0698 e. The molecule has 17 heavy (non-hydrogen) atoms. The summed E-state index contributed by atoms with van der Waals surface area (Å²) in [5, 5.41) is 12.3. The normalized spacial score (nSPS) is 30.9. The lowest BCUT2D eigenvalue weighted by Gasteiger charge is -2.39. The summed E-state index contributed by atoms with van der Waals surface area (Å²) in [6, 6.07) is 1.41. The SMILES string of the molecule is OCCOCCN1CCCCC1C1CCCN1. The van der Waals surface area contributed by atoms with E-state index in [9.17, 15) is 0 Å². The molecular formula is C13H26N2O2. The van der Waals surface area contributed by atoms with Crippen molar-refractivity contribution in [3.63, 3.8) is 0 Å². The number of aliphatic hydroxyl groups excluding tert-OH is 1. The number of hydrogen-bond donors (Lipinski definition) is 2. The number of aliphatic hydroxyl groups is 1. The van der Waals surface area contributed by atoms with E-state index in [4.69, 9.17) is 9.84 Å². The molecular weight excluding hydrogens is 216 g/mol. The number of likely N-dealkylation sites (tertiary alicyclic amines) is 1. The van der Waals surface area contributed by atoms with Crippen molar-refractivity contribution in [1.29, 1.82) is 0 Å². The summed E-state index contributed by atoms with van der Waals surface area (Å²) in [6.45, 7) is 4.78. The minimum Gasteiger partial charge on any atom is -0.394 e. The van der Waals surface area contributed by atoms with Gasteiger partial charge in [0.25, 0.3) is 0 Å². The Morgan fingerprint density at radius 1 is 1.18 bits per heavy atom. The molecule has 4 heteroatoms. The largest absolute Gasteiger partial charge is 0.394 e. The van der Waals surface area contributed by atoms with Gasteiger partial charge < -0.3 is 15.2 Å². The van der Waals surface area contributed by atoms with Crippen molar-refractivity contribution < 1.29 is 9.84 Å². The van der Waals surface area contributed by atoms with Crippen molar-refractivity contribution in [3.8, 4) is 0 Å². The fourth-order valence-electron chi connectivity index (χ4n) is 3.14. The smallest absolute Gasteiger partial charge is 0.0698 e. The highest BCUT2D eigenvalue weighted by molar-refractivity contribution is 4.90. The van der Waals surface area contributed by atoms with Crippen molar-refractivity contribution >= 4 is 0 Å². The number of rotatable bonds is 6. The number of nitrogens with one attached hydrogen (secondary N) is 1. The van der Waals surface area contributed by atoms with E-state index in [2.05, 4.69) is 10.2 Å². The van der Waals surface area contributed by atoms with Crippen LogP contribution in [0.4, 0.5) is 0 Å². The average molecular weight is 242 g/mol. The minimum absolute atomic E-state index is 0.133. The Balaban J connectivity index is 1.75. The van der Waals surface area contributed by atoms with Gasteiger partial charge in [-0.25, -0.2) is 0 Å². The predicted octanol–water partition coefficient (Wildman–Crippen LogP) is 0.602. The highest BCUT2D eigenvalue weighted by Gasteiger charge is 2.30. The van der Waals surface area contributed by atoms with E-state index in [0.29, 0.717) is 18.7 Å². The van der Waals surface area contributed by atoms with Crippen LogP contribution in [-0.4, -0.2) is 61.5 Å². The molecule has 0 saturated carbocycles. The molecule has 100 valence electrons. The summed E-state index contributed by atoms with van der Waals surface area (Å²) in [6.07, 6.45) is 6.69. The van der Waals surface area contributed by atoms with Crippen LogP contribution in [0.1, 0.15) is 32.1 Å². The van der Waals surface area contributed by atoms with Crippen LogP contribution in [0, 0.1) is 0 Å². The Kier molecular flexibility index (Phi) is 5.71. The molecule has 2 saturated heterocycles. The summed E-state index contributed by atoms with van der Waals surface area (Å²) < 4.78 is 5.38. The Morgan fingerprint density at radius 3 is 2.88 bits per heavy atom. The van der Waals surface area contributed by atoms with Crippen molar-refractivity contribution in [2.75, 3.05) is 39.5 Å². The fourth-order valence-corrected chi connectivity index (χ4v) is 3.14. The van der Waals surface area contributed by atoms with Crippen LogP contribution in [0.25, 0.3) is 0 Å². The number of nitrogens with zero attached hydrogens (tertiary/aromatic N) is 1. The number of hydrogen-bond acceptors (Lipinski definition) is 4. The molecule has 2 aliphatic heterocycles. The molecule has 0 spiro atoms. The van der Waals surface area contributed by atoms with Gasteiger partial charge in [-0.3, -0.25) is 4.90 Å². The summed E-state index contributed by atoms with van der Waals surface area (Å²) in [5.74, 6) is 0. The third-order valence-electron chi connectivity index (χ3n) is 3.99. The zero-order valence-corrected chi connectivity index (χ0v) is 10.7. The standard InChI is InChI=1S/C13H26N2O2/c16-9-11-17-10-8-15-7-2-1-5-13(15)12-4-3-6-14-12/h12-14,16H,1-11H2. The van der Waals surface area contributed by atoms with Crippen LogP contribution >= 0.6 is 0 Å². The van der Waals surface area contributed by atoms with Gasteiger partial charge >= 0.3 is 0 Å². The zero-order valence-electron chi connectivity index (χ0n) is 10.7. The molecule has 2 N–H and O–H groups in total. The Hall–Kier alpha value is -0.160. The van der Waals surface area contributed by atoms with Gasteiger partial charge in [0, 0.05) is 18.6 Å². The van der Waals surface area contributed by atoms with E-state index in [1.165, 1.54) is 45.2 Å². The van der Waals surface area contributed by atoms with Crippen LogP contribution in [0.3, 0.4) is 0 Å². The lowest BCUT2D eigenvalue weighted by atomic mass is 9.94. The van der Waals surface area contributed by atoms with Crippen LogP contribution in [0.15, 0.2) is 0 Å². The second kappa shape index (κ2) is 7.31. The lowest BCUT2D eigenvalue weighted by Crippen LogP contribution is -2.51.